The summed E-state index contributed by atoms with van der Waals surface area (Å²) in [7, 11) is 1.29. The summed E-state index contributed by atoms with van der Waals surface area (Å²) in [5.41, 5.74) is 2.95. The zero-order valence-corrected chi connectivity index (χ0v) is 18.0. The van der Waals surface area contributed by atoms with Gasteiger partial charge in [-0.25, -0.2) is 0 Å². The van der Waals surface area contributed by atoms with Crippen molar-refractivity contribution in [3.63, 3.8) is 0 Å². The molecule has 0 spiro atoms. The van der Waals surface area contributed by atoms with Gasteiger partial charge in [0.2, 0.25) is 0 Å². The van der Waals surface area contributed by atoms with E-state index in [1.54, 1.807) is 24.3 Å². The highest BCUT2D eigenvalue weighted by Crippen LogP contribution is 2.43. The van der Waals surface area contributed by atoms with Crippen LogP contribution in [0.1, 0.15) is 61.0 Å². The highest BCUT2D eigenvalue weighted by atomic mass is 19.4. The van der Waals surface area contributed by atoms with Crippen LogP contribution in [0.5, 0.6) is 5.75 Å². The van der Waals surface area contributed by atoms with Crippen molar-refractivity contribution >= 4 is 6.08 Å². The quantitative estimate of drug-likeness (QED) is 0.570. The van der Waals surface area contributed by atoms with Crippen LogP contribution in [0.4, 0.5) is 13.2 Å². The third kappa shape index (κ3) is 5.89. The highest BCUT2D eigenvalue weighted by molar-refractivity contribution is 5.64. The normalized spacial score (nSPS) is 22.4. The van der Waals surface area contributed by atoms with Gasteiger partial charge in [-0.3, -0.25) is 0 Å². The Morgan fingerprint density at radius 1 is 1.10 bits per heavy atom. The number of aliphatic hydroxyl groups is 1. The first-order chi connectivity index (χ1) is 14.7. The Balaban J connectivity index is 2.08. The van der Waals surface area contributed by atoms with E-state index in [-0.39, 0.29) is 11.8 Å². The molecule has 0 bridgehead atoms. The van der Waals surface area contributed by atoms with E-state index in [2.05, 4.69) is 0 Å². The summed E-state index contributed by atoms with van der Waals surface area (Å²) in [4.78, 5) is 0. The lowest BCUT2D eigenvalue weighted by Crippen LogP contribution is -2.21. The number of fused-ring (bicyclic) bond motifs is 1. The fraction of sp³-hybridized carbons (Fsp3) is 0.440. The number of benzene rings is 2. The molecule has 0 saturated carbocycles. The van der Waals surface area contributed by atoms with Gasteiger partial charge in [-0.15, -0.1) is 0 Å². The van der Waals surface area contributed by atoms with E-state index in [1.807, 2.05) is 44.2 Å². The topological polar surface area (TPSA) is 38.7 Å². The molecule has 2 aromatic rings. The van der Waals surface area contributed by atoms with Gasteiger partial charge in [0.15, 0.2) is 0 Å². The fourth-order valence-electron chi connectivity index (χ4n) is 4.12. The molecule has 0 amide bonds. The van der Waals surface area contributed by atoms with Crippen LogP contribution in [0.3, 0.4) is 0 Å². The van der Waals surface area contributed by atoms with E-state index in [0.717, 1.165) is 11.1 Å². The first-order valence-corrected chi connectivity index (χ1v) is 10.5. The first kappa shape index (κ1) is 23.4. The zero-order valence-electron chi connectivity index (χ0n) is 18.0. The SMILES string of the molecule is CO[C@@H](CC(F)(F)F)c1ccc(OCc2ccccc2)c2c1C=CC(O)CC(C)C2C. The monoisotopic (exact) mass is 434 g/mol. The van der Waals surface area contributed by atoms with Crippen LogP contribution in [0.2, 0.25) is 0 Å². The van der Waals surface area contributed by atoms with Crippen molar-refractivity contribution in [1.29, 1.82) is 0 Å². The Labute approximate surface area is 181 Å². The van der Waals surface area contributed by atoms with Gasteiger partial charge in [0.25, 0.3) is 0 Å². The number of halogens is 3. The molecule has 2 aromatic carbocycles. The molecular formula is C25H29F3O3. The van der Waals surface area contributed by atoms with E-state index in [1.165, 1.54) is 7.11 Å². The van der Waals surface area contributed by atoms with Crippen molar-refractivity contribution in [2.75, 3.05) is 7.11 Å². The van der Waals surface area contributed by atoms with Gasteiger partial charge in [-0.2, -0.15) is 13.2 Å². The molecule has 3 unspecified atom stereocenters. The van der Waals surface area contributed by atoms with Gasteiger partial charge in [-0.05, 0) is 41.0 Å². The summed E-state index contributed by atoms with van der Waals surface area (Å²) >= 11 is 0. The van der Waals surface area contributed by atoms with Crippen molar-refractivity contribution < 1.29 is 27.8 Å². The summed E-state index contributed by atoms with van der Waals surface area (Å²) in [5, 5.41) is 10.3. The minimum atomic E-state index is -4.36. The van der Waals surface area contributed by atoms with Crippen molar-refractivity contribution in [1.82, 2.24) is 0 Å². The summed E-state index contributed by atoms with van der Waals surface area (Å²) in [5.74, 6) is 0.727. The van der Waals surface area contributed by atoms with Crippen LogP contribution >= 0.6 is 0 Å². The lowest BCUT2D eigenvalue weighted by atomic mass is 9.78. The van der Waals surface area contributed by atoms with Crippen LogP contribution < -0.4 is 4.74 Å². The molecule has 0 radical (unpaired) electrons. The molecule has 0 fully saturated rings. The predicted molar refractivity (Wildman–Crippen MR) is 115 cm³/mol. The lowest BCUT2D eigenvalue weighted by Gasteiger charge is -2.30. The number of ether oxygens (including phenoxy) is 2. The molecule has 168 valence electrons. The molecule has 0 aromatic heterocycles. The summed E-state index contributed by atoms with van der Waals surface area (Å²) < 4.78 is 50.9. The van der Waals surface area contributed by atoms with Crippen molar-refractivity contribution in [2.45, 2.75) is 57.6 Å². The molecule has 0 saturated heterocycles. The van der Waals surface area contributed by atoms with E-state index in [9.17, 15) is 18.3 Å². The number of methoxy groups -OCH3 is 1. The second-order valence-corrected chi connectivity index (χ2v) is 8.23. The smallest absolute Gasteiger partial charge is 0.391 e. The summed E-state index contributed by atoms with van der Waals surface area (Å²) in [6, 6.07) is 13.1. The maximum atomic E-state index is 13.2. The largest absolute Gasteiger partial charge is 0.489 e. The Hall–Kier alpha value is -2.31. The van der Waals surface area contributed by atoms with Gasteiger partial charge in [0.1, 0.15) is 12.4 Å². The molecule has 31 heavy (non-hydrogen) atoms. The first-order valence-electron chi connectivity index (χ1n) is 10.5. The third-order valence-electron chi connectivity index (χ3n) is 5.97. The second-order valence-electron chi connectivity index (χ2n) is 8.23. The van der Waals surface area contributed by atoms with Gasteiger partial charge in [0.05, 0.1) is 18.6 Å². The third-order valence-corrected chi connectivity index (χ3v) is 5.97. The average molecular weight is 434 g/mol. The molecule has 6 heteroatoms. The number of alkyl halides is 3. The number of aliphatic hydroxyl groups excluding tert-OH is 1. The molecule has 1 N–H and O–H groups in total. The summed E-state index contributed by atoms with van der Waals surface area (Å²) in [6.45, 7) is 4.42. The van der Waals surface area contributed by atoms with Crippen LogP contribution in [0, 0.1) is 5.92 Å². The minimum absolute atomic E-state index is 0.0243. The highest BCUT2D eigenvalue weighted by Gasteiger charge is 2.35. The molecular weight excluding hydrogens is 405 g/mol. The van der Waals surface area contributed by atoms with Crippen molar-refractivity contribution in [3.8, 4) is 5.75 Å². The fourth-order valence-corrected chi connectivity index (χ4v) is 4.12. The number of hydrogen-bond donors (Lipinski definition) is 1. The zero-order chi connectivity index (χ0) is 22.6. The number of rotatable bonds is 6. The molecule has 1 aliphatic carbocycles. The molecule has 3 rings (SSSR count). The Kier molecular flexibility index (Phi) is 7.44. The van der Waals surface area contributed by atoms with Crippen LogP contribution in [0.15, 0.2) is 48.5 Å². The second kappa shape index (κ2) is 9.88. The Bertz CT molecular complexity index is 893. The van der Waals surface area contributed by atoms with Crippen molar-refractivity contribution in [3.05, 3.63) is 70.8 Å². The standard InChI is InChI=1S/C25H29F3O3/c1-16-13-19(29)9-10-21-20(23(30-3)14-25(26,27)28)11-12-22(24(21)17(16)2)31-15-18-7-5-4-6-8-18/h4-12,16-17,19,23,29H,13-15H2,1-3H3/t16?,17?,19?,23-/m0/s1. The molecule has 1 aliphatic rings. The maximum absolute atomic E-state index is 13.2. The molecule has 0 aliphatic heterocycles. The predicted octanol–water partition coefficient (Wildman–Crippen LogP) is 6.42. The molecule has 3 nitrogen and oxygen atoms in total. The molecule has 0 heterocycles. The van der Waals surface area contributed by atoms with Gasteiger partial charge in [0, 0.05) is 12.7 Å². The molecule has 4 atom stereocenters. The summed E-state index contributed by atoms with van der Waals surface area (Å²) in [6.07, 6.45) is -3.31. The van der Waals surface area contributed by atoms with Crippen LogP contribution in [-0.4, -0.2) is 24.5 Å². The minimum Gasteiger partial charge on any atom is -0.489 e. The van der Waals surface area contributed by atoms with Crippen LogP contribution in [-0.2, 0) is 11.3 Å². The Morgan fingerprint density at radius 3 is 2.45 bits per heavy atom. The maximum Gasteiger partial charge on any atom is 0.391 e. The van der Waals surface area contributed by atoms with E-state index >= 15 is 0 Å². The van der Waals surface area contributed by atoms with E-state index in [0.29, 0.717) is 29.9 Å². The van der Waals surface area contributed by atoms with E-state index < -0.39 is 24.8 Å². The van der Waals surface area contributed by atoms with Gasteiger partial charge < -0.3 is 14.6 Å². The average Bonchev–Trinajstić information content (AvgIpc) is 2.73. The van der Waals surface area contributed by atoms with Crippen molar-refractivity contribution in [2.24, 2.45) is 5.92 Å². The van der Waals surface area contributed by atoms with Gasteiger partial charge >= 0.3 is 6.18 Å². The van der Waals surface area contributed by atoms with E-state index in [4.69, 9.17) is 9.47 Å². The number of hydrogen-bond acceptors (Lipinski definition) is 3. The Morgan fingerprint density at radius 2 is 1.81 bits per heavy atom. The lowest BCUT2D eigenvalue weighted by molar-refractivity contribution is -0.158. The van der Waals surface area contributed by atoms with Gasteiger partial charge in [-0.1, -0.05) is 62.4 Å². The van der Waals surface area contributed by atoms with Crippen LogP contribution in [0.25, 0.3) is 6.08 Å².